The molecule has 26 heavy (non-hydrogen) atoms. The van der Waals surface area contributed by atoms with Crippen LogP contribution >= 0.6 is 0 Å². The molecule has 0 N–H and O–H groups in total. The first kappa shape index (κ1) is 16.6. The number of carbonyl (C=O) groups is 1. The second-order valence-corrected chi connectivity index (χ2v) is 6.82. The number of fused-ring (bicyclic) bond motifs is 1. The fourth-order valence-corrected chi connectivity index (χ4v) is 3.36. The van der Waals surface area contributed by atoms with Crippen molar-refractivity contribution >= 4 is 5.91 Å². The highest BCUT2D eigenvalue weighted by molar-refractivity contribution is 5.76. The van der Waals surface area contributed by atoms with Gasteiger partial charge in [-0.2, -0.15) is 0 Å². The third-order valence-corrected chi connectivity index (χ3v) is 4.93. The summed E-state index contributed by atoms with van der Waals surface area (Å²) >= 11 is 0. The Bertz CT molecular complexity index is 912. The van der Waals surface area contributed by atoms with Gasteiger partial charge >= 0.3 is 0 Å². The van der Waals surface area contributed by atoms with Crippen molar-refractivity contribution < 1.29 is 9.21 Å². The second kappa shape index (κ2) is 7.16. The molecule has 4 nitrogen and oxygen atoms in total. The van der Waals surface area contributed by atoms with Crippen molar-refractivity contribution in [3.8, 4) is 11.3 Å². The molecule has 0 aliphatic carbocycles. The topological polar surface area (TPSA) is 46.3 Å². The Kier molecular flexibility index (Phi) is 4.57. The minimum atomic E-state index is 0.162. The summed E-state index contributed by atoms with van der Waals surface area (Å²) in [5, 5.41) is 0. The van der Waals surface area contributed by atoms with Crippen molar-refractivity contribution in [1.82, 2.24) is 9.88 Å². The molecule has 1 aliphatic heterocycles. The molecule has 1 aliphatic rings. The highest BCUT2D eigenvalue weighted by Crippen LogP contribution is 2.22. The molecule has 4 rings (SSSR count). The van der Waals surface area contributed by atoms with E-state index in [2.05, 4.69) is 42.2 Å². The molecule has 2 heterocycles. The van der Waals surface area contributed by atoms with Gasteiger partial charge in [-0.25, -0.2) is 4.98 Å². The van der Waals surface area contributed by atoms with Crippen LogP contribution in [0.4, 0.5) is 0 Å². The summed E-state index contributed by atoms with van der Waals surface area (Å²) in [5.74, 6) is 1.53. The van der Waals surface area contributed by atoms with Crippen LogP contribution in [0.25, 0.3) is 11.3 Å². The van der Waals surface area contributed by atoms with E-state index in [1.54, 1.807) is 6.20 Å². The van der Waals surface area contributed by atoms with Crippen LogP contribution in [0.1, 0.15) is 29.0 Å². The predicted molar refractivity (Wildman–Crippen MR) is 101 cm³/mol. The number of hydrogen-bond acceptors (Lipinski definition) is 3. The fraction of sp³-hybridized carbons (Fsp3) is 0.273. The maximum atomic E-state index is 12.6. The normalized spacial score (nSPS) is 13.5. The van der Waals surface area contributed by atoms with Crippen LogP contribution in [-0.2, 0) is 24.2 Å². The lowest BCUT2D eigenvalue weighted by Gasteiger charge is -2.28. The lowest BCUT2D eigenvalue weighted by atomic mass is 9.99. The largest absolute Gasteiger partial charge is 0.441 e. The monoisotopic (exact) mass is 346 g/mol. The first-order chi connectivity index (χ1) is 12.7. The molecule has 4 heteroatoms. The summed E-state index contributed by atoms with van der Waals surface area (Å²) in [6.45, 7) is 3.55. The van der Waals surface area contributed by atoms with Crippen molar-refractivity contribution in [2.45, 2.75) is 32.7 Å². The van der Waals surface area contributed by atoms with E-state index in [0.29, 0.717) is 25.3 Å². The fourth-order valence-electron chi connectivity index (χ4n) is 3.36. The molecule has 2 aromatic carbocycles. The van der Waals surface area contributed by atoms with Crippen molar-refractivity contribution in [2.75, 3.05) is 6.54 Å². The Morgan fingerprint density at radius 1 is 1.12 bits per heavy atom. The second-order valence-electron chi connectivity index (χ2n) is 6.82. The summed E-state index contributed by atoms with van der Waals surface area (Å²) in [7, 11) is 0. The van der Waals surface area contributed by atoms with E-state index in [1.165, 1.54) is 16.7 Å². The van der Waals surface area contributed by atoms with E-state index < -0.39 is 0 Å². The highest BCUT2D eigenvalue weighted by Gasteiger charge is 2.20. The molecular formula is C22H22N2O2. The number of benzene rings is 2. The SMILES string of the molecule is Cc1ccc(-c2cnc(CCC(=O)N3CCc4ccccc4C3)o2)cc1. The maximum Gasteiger partial charge on any atom is 0.223 e. The molecule has 3 aromatic rings. The summed E-state index contributed by atoms with van der Waals surface area (Å²) in [4.78, 5) is 18.8. The predicted octanol–water partition coefficient (Wildman–Crippen LogP) is 4.17. The molecule has 0 fully saturated rings. The van der Waals surface area contributed by atoms with Gasteiger partial charge in [-0.15, -0.1) is 0 Å². The number of rotatable bonds is 4. The van der Waals surface area contributed by atoms with E-state index in [4.69, 9.17) is 4.42 Å². The Balaban J connectivity index is 1.36. The van der Waals surface area contributed by atoms with E-state index in [9.17, 15) is 4.79 Å². The Morgan fingerprint density at radius 2 is 1.88 bits per heavy atom. The number of carbonyl (C=O) groups excluding carboxylic acids is 1. The number of aromatic nitrogens is 1. The van der Waals surface area contributed by atoms with Gasteiger partial charge in [0.25, 0.3) is 0 Å². The van der Waals surface area contributed by atoms with Gasteiger partial charge in [0.15, 0.2) is 11.7 Å². The van der Waals surface area contributed by atoms with Crippen LogP contribution < -0.4 is 0 Å². The van der Waals surface area contributed by atoms with Gasteiger partial charge in [0.2, 0.25) is 5.91 Å². The van der Waals surface area contributed by atoms with E-state index >= 15 is 0 Å². The third kappa shape index (κ3) is 3.54. The first-order valence-electron chi connectivity index (χ1n) is 9.05. The van der Waals surface area contributed by atoms with Gasteiger partial charge < -0.3 is 9.32 Å². The van der Waals surface area contributed by atoms with Crippen molar-refractivity contribution in [2.24, 2.45) is 0 Å². The summed E-state index contributed by atoms with van der Waals surface area (Å²) < 4.78 is 5.82. The minimum Gasteiger partial charge on any atom is -0.441 e. The van der Waals surface area contributed by atoms with Gasteiger partial charge in [-0.1, -0.05) is 54.1 Å². The van der Waals surface area contributed by atoms with Gasteiger partial charge in [0.1, 0.15) is 0 Å². The average Bonchev–Trinajstić information content (AvgIpc) is 3.15. The average molecular weight is 346 g/mol. The van der Waals surface area contributed by atoms with E-state index in [-0.39, 0.29) is 5.91 Å². The zero-order chi connectivity index (χ0) is 17.9. The quantitative estimate of drug-likeness (QED) is 0.712. The number of nitrogens with zero attached hydrogens (tertiary/aromatic N) is 2. The van der Waals surface area contributed by atoms with Crippen molar-refractivity contribution in [1.29, 1.82) is 0 Å². The van der Waals surface area contributed by atoms with Gasteiger partial charge in [0, 0.05) is 31.5 Å². The van der Waals surface area contributed by atoms with Gasteiger partial charge in [0.05, 0.1) is 6.20 Å². The van der Waals surface area contributed by atoms with Crippen LogP contribution in [0.2, 0.25) is 0 Å². The van der Waals surface area contributed by atoms with Gasteiger partial charge in [-0.05, 0) is 24.5 Å². The number of hydrogen-bond donors (Lipinski definition) is 0. The van der Waals surface area contributed by atoms with Crippen LogP contribution in [0.3, 0.4) is 0 Å². The maximum absolute atomic E-state index is 12.6. The number of aryl methyl sites for hydroxylation is 2. The van der Waals surface area contributed by atoms with E-state index in [1.807, 2.05) is 23.1 Å². The molecule has 0 saturated carbocycles. The molecule has 0 bridgehead atoms. The number of amides is 1. The lowest BCUT2D eigenvalue weighted by Crippen LogP contribution is -2.36. The molecule has 0 spiro atoms. The van der Waals surface area contributed by atoms with Crippen LogP contribution in [0.15, 0.2) is 59.1 Å². The Morgan fingerprint density at radius 3 is 2.69 bits per heavy atom. The summed E-state index contributed by atoms with van der Waals surface area (Å²) in [6, 6.07) is 16.5. The molecule has 1 aromatic heterocycles. The van der Waals surface area contributed by atoms with Crippen LogP contribution in [-0.4, -0.2) is 22.3 Å². The summed E-state index contributed by atoms with van der Waals surface area (Å²) in [6.07, 6.45) is 3.62. The molecule has 0 unspecified atom stereocenters. The van der Waals surface area contributed by atoms with Crippen LogP contribution in [0, 0.1) is 6.92 Å². The minimum absolute atomic E-state index is 0.162. The molecule has 0 radical (unpaired) electrons. The lowest BCUT2D eigenvalue weighted by molar-refractivity contribution is -0.132. The molecule has 132 valence electrons. The molecule has 0 saturated heterocycles. The Hall–Kier alpha value is -2.88. The molecule has 1 amide bonds. The van der Waals surface area contributed by atoms with Crippen molar-refractivity contribution in [3.05, 3.63) is 77.3 Å². The smallest absolute Gasteiger partial charge is 0.223 e. The summed E-state index contributed by atoms with van der Waals surface area (Å²) in [5.41, 5.74) is 4.83. The molecule has 0 atom stereocenters. The first-order valence-corrected chi connectivity index (χ1v) is 9.05. The third-order valence-electron chi connectivity index (χ3n) is 4.93. The van der Waals surface area contributed by atoms with Crippen molar-refractivity contribution in [3.63, 3.8) is 0 Å². The van der Waals surface area contributed by atoms with Gasteiger partial charge in [-0.3, -0.25) is 4.79 Å². The van der Waals surface area contributed by atoms with E-state index in [0.717, 1.165) is 24.3 Å². The highest BCUT2D eigenvalue weighted by atomic mass is 16.4. The Labute approximate surface area is 153 Å². The zero-order valence-corrected chi connectivity index (χ0v) is 14.9. The zero-order valence-electron chi connectivity index (χ0n) is 14.9. The standard InChI is InChI=1S/C22H22N2O2/c1-16-6-8-18(9-7-16)20-14-23-21(26-20)10-11-22(25)24-13-12-17-4-2-3-5-19(17)15-24/h2-9,14H,10-13,15H2,1H3. The molecular weight excluding hydrogens is 324 g/mol. The van der Waals surface area contributed by atoms with Crippen LogP contribution in [0.5, 0.6) is 0 Å². The number of oxazole rings is 1.